The van der Waals surface area contributed by atoms with Gasteiger partial charge < -0.3 is 16.2 Å². The van der Waals surface area contributed by atoms with Crippen LogP contribution in [0, 0.1) is 6.92 Å². The minimum atomic E-state index is -0.592. The Hall–Kier alpha value is -2.15. The molecule has 0 aliphatic carbocycles. The van der Waals surface area contributed by atoms with Gasteiger partial charge in [0, 0.05) is 5.56 Å². The largest absolute Gasteiger partial charge is 0.490 e. The average Bonchev–Trinajstić information content (AvgIpc) is 2.39. The number of nitrogens with zero attached hydrogens (tertiary/aromatic N) is 2. The van der Waals surface area contributed by atoms with Gasteiger partial charge in [-0.2, -0.15) is 0 Å². The standard InChI is InChI=1S/C15H17BrN4O2/c1-7(2)22-11-5-4-9(6-10(11)16)13-12(14(17)21)8(3)19-15(18)20-13/h4-7H,1-3H3,(H2,17,21)(H2,18,19,20). The molecule has 1 aromatic carbocycles. The summed E-state index contributed by atoms with van der Waals surface area (Å²) in [6.45, 7) is 5.56. The zero-order valence-electron chi connectivity index (χ0n) is 12.6. The van der Waals surface area contributed by atoms with Crippen molar-refractivity contribution in [3.05, 3.63) is 33.9 Å². The maximum atomic E-state index is 11.7. The van der Waals surface area contributed by atoms with Gasteiger partial charge in [-0.05, 0) is 54.9 Å². The summed E-state index contributed by atoms with van der Waals surface area (Å²) in [5, 5.41) is 0. The molecule has 22 heavy (non-hydrogen) atoms. The maximum absolute atomic E-state index is 11.7. The Kier molecular flexibility index (Phi) is 4.65. The predicted molar refractivity (Wildman–Crippen MR) is 88.6 cm³/mol. The molecule has 1 heterocycles. The lowest BCUT2D eigenvalue weighted by atomic mass is 10.0. The lowest BCUT2D eigenvalue weighted by Crippen LogP contribution is -2.17. The molecule has 0 bridgehead atoms. The second-order valence-corrected chi connectivity index (χ2v) is 5.92. The van der Waals surface area contributed by atoms with Crippen LogP contribution in [0.15, 0.2) is 22.7 Å². The molecule has 1 amide bonds. The summed E-state index contributed by atoms with van der Waals surface area (Å²) in [5.41, 5.74) is 13.0. The molecule has 0 unspecified atom stereocenters. The third kappa shape index (κ3) is 3.36. The van der Waals surface area contributed by atoms with E-state index >= 15 is 0 Å². The number of hydrogen-bond donors (Lipinski definition) is 2. The highest BCUT2D eigenvalue weighted by Gasteiger charge is 2.18. The minimum absolute atomic E-state index is 0.0558. The zero-order valence-corrected chi connectivity index (χ0v) is 14.1. The molecule has 6 nitrogen and oxygen atoms in total. The summed E-state index contributed by atoms with van der Waals surface area (Å²) in [5.74, 6) is 0.209. The van der Waals surface area contributed by atoms with Crippen molar-refractivity contribution in [3.63, 3.8) is 0 Å². The van der Waals surface area contributed by atoms with E-state index in [1.807, 2.05) is 19.9 Å². The van der Waals surface area contributed by atoms with E-state index in [4.69, 9.17) is 16.2 Å². The SMILES string of the molecule is Cc1nc(N)nc(-c2ccc(OC(C)C)c(Br)c2)c1C(N)=O. The fraction of sp³-hybridized carbons (Fsp3) is 0.267. The number of aryl methyl sites for hydroxylation is 1. The number of benzene rings is 1. The molecular formula is C15H17BrN4O2. The molecule has 0 atom stereocenters. The van der Waals surface area contributed by atoms with Crippen LogP contribution in [0.3, 0.4) is 0 Å². The van der Waals surface area contributed by atoms with Crippen LogP contribution in [0.25, 0.3) is 11.3 Å². The van der Waals surface area contributed by atoms with Crippen LogP contribution in [-0.2, 0) is 0 Å². The predicted octanol–water partition coefficient (Wildman–Crippen LogP) is 2.68. The van der Waals surface area contributed by atoms with Crippen LogP contribution in [0.2, 0.25) is 0 Å². The highest BCUT2D eigenvalue weighted by Crippen LogP contribution is 2.32. The van der Waals surface area contributed by atoms with Gasteiger partial charge in [0.15, 0.2) is 0 Å². The summed E-state index contributed by atoms with van der Waals surface area (Å²) in [7, 11) is 0. The molecule has 0 aliphatic rings. The first-order chi connectivity index (χ1) is 10.3. The average molecular weight is 365 g/mol. The van der Waals surface area contributed by atoms with E-state index in [9.17, 15) is 4.79 Å². The maximum Gasteiger partial charge on any atom is 0.252 e. The van der Waals surface area contributed by atoms with Gasteiger partial charge in [-0.3, -0.25) is 4.79 Å². The molecule has 0 fully saturated rings. The lowest BCUT2D eigenvalue weighted by molar-refractivity contribution is 0.0999. The molecule has 2 aromatic rings. The highest BCUT2D eigenvalue weighted by molar-refractivity contribution is 9.10. The Morgan fingerprint density at radius 2 is 2.00 bits per heavy atom. The van der Waals surface area contributed by atoms with Gasteiger partial charge in [0.25, 0.3) is 5.91 Å². The number of primary amides is 1. The number of aromatic nitrogens is 2. The number of nitrogens with two attached hydrogens (primary N) is 2. The van der Waals surface area contributed by atoms with Gasteiger partial charge in [0.2, 0.25) is 5.95 Å². The summed E-state index contributed by atoms with van der Waals surface area (Å²) >= 11 is 3.46. The summed E-state index contributed by atoms with van der Waals surface area (Å²) in [4.78, 5) is 19.8. The van der Waals surface area contributed by atoms with Crippen molar-refractivity contribution in [2.24, 2.45) is 5.73 Å². The van der Waals surface area contributed by atoms with E-state index in [0.717, 1.165) is 4.47 Å². The third-order valence-electron chi connectivity index (χ3n) is 2.92. The molecule has 2 rings (SSSR count). The number of halogens is 1. The number of amides is 1. The highest BCUT2D eigenvalue weighted by atomic mass is 79.9. The number of ether oxygens (including phenoxy) is 1. The summed E-state index contributed by atoms with van der Waals surface area (Å²) in [6.07, 6.45) is 0.0558. The van der Waals surface area contributed by atoms with Gasteiger partial charge in [0.1, 0.15) is 5.75 Å². The first-order valence-electron chi connectivity index (χ1n) is 6.70. The molecule has 0 spiro atoms. The van der Waals surface area contributed by atoms with E-state index < -0.39 is 5.91 Å². The van der Waals surface area contributed by atoms with E-state index in [2.05, 4.69) is 25.9 Å². The molecular weight excluding hydrogens is 348 g/mol. The number of anilines is 1. The number of rotatable bonds is 4. The molecule has 0 saturated heterocycles. The first-order valence-corrected chi connectivity index (χ1v) is 7.49. The Morgan fingerprint density at radius 1 is 1.32 bits per heavy atom. The topological polar surface area (TPSA) is 104 Å². The Morgan fingerprint density at radius 3 is 2.55 bits per heavy atom. The molecule has 116 valence electrons. The van der Waals surface area contributed by atoms with Crippen LogP contribution in [-0.4, -0.2) is 22.0 Å². The van der Waals surface area contributed by atoms with E-state index in [1.54, 1.807) is 19.1 Å². The van der Waals surface area contributed by atoms with Crippen molar-refractivity contribution in [3.8, 4) is 17.0 Å². The number of carbonyl (C=O) groups excluding carboxylic acids is 1. The monoisotopic (exact) mass is 364 g/mol. The van der Waals surface area contributed by atoms with E-state index in [1.165, 1.54) is 0 Å². The third-order valence-corrected chi connectivity index (χ3v) is 3.54. The van der Waals surface area contributed by atoms with Crippen molar-refractivity contribution in [2.75, 3.05) is 5.73 Å². The van der Waals surface area contributed by atoms with Crippen LogP contribution in [0.4, 0.5) is 5.95 Å². The molecule has 0 radical (unpaired) electrons. The normalized spacial score (nSPS) is 10.8. The van der Waals surface area contributed by atoms with Crippen LogP contribution < -0.4 is 16.2 Å². The molecule has 7 heteroatoms. The van der Waals surface area contributed by atoms with Crippen molar-refractivity contribution in [1.82, 2.24) is 9.97 Å². The minimum Gasteiger partial charge on any atom is -0.490 e. The van der Waals surface area contributed by atoms with Crippen molar-refractivity contribution < 1.29 is 9.53 Å². The smallest absolute Gasteiger partial charge is 0.252 e. The second-order valence-electron chi connectivity index (χ2n) is 5.07. The second kappa shape index (κ2) is 6.31. The molecule has 4 N–H and O–H groups in total. The summed E-state index contributed by atoms with van der Waals surface area (Å²) in [6, 6.07) is 5.42. The Balaban J connectivity index is 2.57. The summed E-state index contributed by atoms with van der Waals surface area (Å²) < 4.78 is 6.42. The van der Waals surface area contributed by atoms with E-state index in [0.29, 0.717) is 22.7 Å². The van der Waals surface area contributed by atoms with Crippen molar-refractivity contribution >= 4 is 27.8 Å². The van der Waals surface area contributed by atoms with Crippen LogP contribution in [0.1, 0.15) is 29.9 Å². The van der Waals surface area contributed by atoms with Gasteiger partial charge in [-0.25, -0.2) is 9.97 Å². The Labute approximate surface area is 137 Å². The molecule has 0 aliphatic heterocycles. The van der Waals surface area contributed by atoms with Crippen molar-refractivity contribution in [1.29, 1.82) is 0 Å². The Bertz CT molecular complexity index is 732. The fourth-order valence-electron chi connectivity index (χ4n) is 2.10. The zero-order chi connectivity index (χ0) is 16.4. The fourth-order valence-corrected chi connectivity index (χ4v) is 2.57. The van der Waals surface area contributed by atoms with Crippen LogP contribution in [0.5, 0.6) is 5.75 Å². The van der Waals surface area contributed by atoms with Gasteiger partial charge in [-0.15, -0.1) is 0 Å². The number of nitrogen functional groups attached to an aromatic ring is 1. The van der Waals surface area contributed by atoms with Gasteiger partial charge in [-0.1, -0.05) is 0 Å². The number of carbonyl (C=O) groups is 1. The lowest BCUT2D eigenvalue weighted by Gasteiger charge is -2.14. The molecule has 0 saturated carbocycles. The quantitative estimate of drug-likeness (QED) is 0.867. The van der Waals surface area contributed by atoms with E-state index in [-0.39, 0.29) is 17.6 Å². The van der Waals surface area contributed by atoms with Gasteiger partial charge >= 0.3 is 0 Å². The molecule has 1 aromatic heterocycles. The van der Waals surface area contributed by atoms with Crippen LogP contribution >= 0.6 is 15.9 Å². The van der Waals surface area contributed by atoms with Gasteiger partial charge in [0.05, 0.1) is 27.5 Å². The first kappa shape index (κ1) is 16.2. The number of hydrogen-bond acceptors (Lipinski definition) is 5. The van der Waals surface area contributed by atoms with Crippen molar-refractivity contribution in [2.45, 2.75) is 26.9 Å².